The lowest BCUT2D eigenvalue weighted by Gasteiger charge is -2.36. The van der Waals surface area contributed by atoms with Gasteiger partial charge in [0.25, 0.3) is 0 Å². The average molecular weight is 350 g/mol. The van der Waals surface area contributed by atoms with Crippen LogP contribution < -0.4 is 0 Å². The summed E-state index contributed by atoms with van der Waals surface area (Å²) in [7, 11) is 0.232. The van der Waals surface area contributed by atoms with Crippen molar-refractivity contribution in [2.24, 2.45) is 7.05 Å². The molecule has 0 atom stereocenters. The van der Waals surface area contributed by atoms with Gasteiger partial charge in [-0.1, -0.05) is 56.8 Å². The van der Waals surface area contributed by atoms with Gasteiger partial charge in [-0.05, 0) is 29.3 Å². The molecule has 0 N–H and O–H groups in total. The number of thioether (sulfide) groups is 1. The maximum absolute atomic E-state index is 6.27. The van der Waals surface area contributed by atoms with Crippen molar-refractivity contribution < 1.29 is 4.43 Å². The summed E-state index contributed by atoms with van der Waals surface area (Å²) in [5.41, 5.74) is 2.52. The number of hydrogen-bond donors (Lipinski definition) is 0. The summed E-state index contributed by atoms with van der Waals surface area (Å²) in [4.78, 5) is 4.23. The third-order valence-corrected chi connectivity index (χ3v) is 10.1. The lowest BCUT2D eigenvalue weighted by molar-refractivity contribution is 0.276. The molecule has 0 aliphatic rings. The van der Waals surface area contributed by atoms with Crippen LogP contribution in [0.15, 0.2) is 35.7 Å². The van der Waals surface area contributed by atoms with E-state index in [1.165, 1.54) is 11.1 Å². The van der Waals surface area contributed by atoms with E-state index < -0.39 is 8.32 Å². The Labute approximate surface area is 144 Å². The van der Waals surface area contributed by atoms with Gasteiger partial charge >= 0.3 is 0 Å². The molecule has 0 spiro atoms. The van der Waals surface area contributed by atoms with Crippen LogP contribution in [0, 0.1) is 0 Å². The quantitative estimate of drug-likeness (QED) is 0.563. The van der Waals surface area contributed by atoms with Crippen LogP contribution in [0.5, 0.6) is 0 Å². The molecule has 23 heavy (non-hydrogen) atoms. The maximum Gasteiger partial charge on any atom is 0.192 e. The van der Waals surface area contributed by atoms with Crippen molar-refractivity contribution in [2.75, 3.05) is 0 Å². The lowest BCUT2D eigenvalue weighted by Crippen LogP contribution is -2.40. The van der Waals surface area contributed by atoms with Gasteiger partial charge in [0.1, 0.15) is 6.33 Å². The largest absolute Gasteiger partial charge is 0.413 e. The molecule has 126 valence electrons. The number of nitrogens with zero attached hydrogens (tertiary/aromatic N) is 3. The molecular weight excluding hydrogens is 322 g/mol. The smallest absolute Gasteiger partial charge is 0.192 e. The number of aryl methyl sites for hydroxylation is 1. The van der Waals surface area contributed by atoms with E-state index in [1.807, 2.05) is 7.05 Å². The Morgan fingerprint density at radius 1 is 1.13 bits per heavy atom. The molecule has 0 bridgehead atoms. The van der Waals surface area contributed by atoms with Gasteiger partial charge in [0, 0.05) is 12.8 Å². The van der Waals surface area contributed by atoms with Crippen molar-refractivity contribution in [3.8, 4) is 0 Å². The molecule has 1 aromatic carbocycles. The summed E-state index contributed by atoms with van der Waals surface area (Å²) < 4.78 is 8.06. The molecule has 0 amide bonds. The second-order valence-corrected chi connectivity index (χ2v) is 13.1. The molecular formula is C17H27N3OSSi. The normalized spacial score (nSPS) is 12.6. The molecule has 2 rings (SSSR count). The van der Waals surface area contributed by atoms with Crippen LogP contribution >= 0.6 is 11.8 Å². The summed E-state index contributed by atoms with van der Waals surface area (Å²) in [6, 6.07) is 8.68. The summed E-state index contributed by atoms with van der Waals surface area (Å²) in [6.45, 7) is 12.1. The number of aromatic nitrogens is 3. The zero-order chi connectivity index (χ0) is 17.1. The van der Waals surface area contributed by atoms with Gasteiger partial charge in [0.2, 0.25) is 0 Å². The van der Waals surface area contributed by atoms with E-state index in [0.29, 0.717) is 6.61 Å². The fourth-order valence-electron chi connectivity index (χ4n) is 1.78. The molecule has 4 nitrogen and oxygen atoms in total. The van der Waals surface area contributed by atoms with E-state index in [4.69, 9.17) is 4.43 Å². The van der Waals surface area contributed by atoms with Gasteiger partial charge < -0.3 is 4.43 Å². The molecule has 0 saturated carbocycles. The molecule has 0 radical (unpaired) electrons. The number of hydrogen-bond acceptors (Lipinski definition) is 4. The van der Waals surface area contributed by atoms with Gasteiger partial charge in [-0.25, -0.2) is 9.67 Å². The summed E-state index contributed by atoms with van der Waals surface area (Å²) in [5, 5.41) is 5.27. The van der Waals surface area contributed by atoms with Crippen molar-refractivity contribution in [2.45, 2.75) is 56.4 Å². The number of rotatable bonds is 6. The molecule has 0 aliphatic heterocycles. The first kappa shape index (κ1) is 18.2. The molecule has 0 unspecified atom stereocenters. The third kappa shape index (κ3) is 4.93. The zero-order valence-electron chi connectivity index (χ0n) is 15.0. The van der Waals surface area contributed by atoms with Gasteiger partial charge in [0.15, 0.2) is 13.5 Å². The lowest BCUT2D eigenvalue weighted by atomic mass is 10.2. The Bertz CT molecular complexity index is 632. The van der Waals surface area contributed by atoms with Crippen molar-refractivity contribution in [3.05, 3.63) is 41.7 Å². The molecule has 6 heteroatoms. The highest BCUT2D eigenvalue weighted by atomic mass is 32.2. The van der Waals surface area contributed by atoms with E-state index in [-0.39, 0.29) is 5.04 Å². The van der Waals surface area contributed by atoms with Crippen LogP contribution in [0.2, 0.25) is 18.1 Å². The van der Waals surface area contributed by atoms with Gasteiger partial charge in [-0.3, -0.25) is 0 Å². The minimum Gasteiger partial charge on any atom is -0.413 e. The third-order valence-electron chi connectivity index (χ3n) is 4.47. The van der Waals surface area contributed by atoms with E-state index in [1.54, 1.807) is 22.8 Å². The van der Waals surface area contributed by atoms with Crippen molar-refractivity contribution in [1.82, 2.24) is 14.8 Å². The van der Waals surface area contributed by atoms with Gasteiger partial charge in [0.05, 0.1) is 6.61 Å². The molecule has 1 aromatic heterocycles. The molecule has 2 aromatic rings. The minimum atomic E-state index is -1.68. The summed E-state index contributed by atoms with van der Waals surface area (Å²) in [6.07, 6.45) is 1.59. The highest BCUT2D eigenvalue weighted by Gasteiger charge is 2.36. The Balaban J connectivity index is 1.88. The predicted molar refractivity (Wildman–Crippen MR) is 99.0 cm³/mol. The topological polar surface area (TPSA) is 39.9 Å². The van der Waals surface area contributed by atoms with Crippen molar-refractivity contribution >= 4 is 20.1 Å². The van der Waals surface area contributed by atoms with Crippen LogP contribution in [0.25, 0.3) is 0 Å². The first-order valence-corrected chi connectivity index (χ1v) is 11.8. The molecule has 0 aliphatic carbocycles. The Kier molecular flexibility index (Phi) is 5.70. The van der Waals surface area contributed by atoms with E-state index in [2.05, 4.69) is 68.2 Å². The summed E-state index contributed by atoms with van der Waals surface area (Å²) >= 11 is 1.70. The minimum absolute atomic E-state index is 0.250. The van der Waals surface area contributed by atoms with E-state index >= 15 is 0 Å². The van der Waals surface area contributed by atoms with Gasteiger partial charge in [-0.15, -0.1) is 0 Å². The van der Waals surface area contributed by atoms with Crippen LogP contribution in [-0.2, 0) is 23.8 Å². The summed E-state index contributed by atoms with van der Waals surface area (Å²) in [5.74, 6) is 0.899. The standard InChI is InChI=1S/C17H27N3OSSi/c1-17(2,3)23(5,6)21-11-14-7-9-15(10-8-14)12-22-16-18-13-19-20(16)4/h7-10,13H,11-12H2,1-6H3. The first-order chi connectivity index (χ1) is 10.7. The fourth-order valence-corrected chi connectivity index (χ4v) is 3.58. The van der Waals surface area contributed by atoms with E-state index in [0.717, 1.165) is 10.9 Å². The van der Waals surface area contributed by atoms with Crippen molar-refractivity contribution in [1.29, 1.82) is 0 Å². The second kappa shape index (κ2) is 7.19. The van der Waals surface area contributed by atoms with Crippen LogP contribution in [-0.4, -0.2) is 23.1 Å². The SMILES string of the molecule is Cn1ncnc1SCc1ccc(CO[Si](C)(C)C(C)(C)C)cc1. The highest BCUT2D eigenvalue weighted by molar-refractivity contribution is 7.98. The zero-order valence-corrected chi connectivity index (χ0v) is 16.8. The second-order valence-electron chi connectivity index (χ2n) is 7.32. The fraction of sp³-hybridized carbons (Fsp3) is 0.529. The Hall–Kier alpha value is -1.11. The van der Waals surface area contributed by atoms with Crippen LogP contribution in [0.4, 0.5) is 0 Å². The van der Waals surface area contributed by atoms with Crippen molar-refractivity contribution in [3.63, 3.8) is 0 Å². The van der Waals surface area contributed by atoms with E-state index in [9.17, 15) is 0 Å². The predicted octanol–water partition coefficient (Wildman–Crippen LogP) is 4.63. The highest BCUT2D eigenvalue weighted by Crippen LogP contribution is 2.37. The van der Waals surface area contributed by atoms with Crippen LogP contribution in [0.3, 0.4) is 0 Å². The number of benzene rings is 1. The Morgan fingerprint density at radius 2 is 1.74 bits per heavy atom. The first-order valence-electron chi connectivity index (χ1n) is 7.87. The van der Waals surface area contributed by atoms with Crippen LogP contribution in [0.1, 0.15) is 31.9 Å². The Morgan fingerprint density at radius 3 is 2.26 bits per heavy atom. The molecule has 1 heterocycles. The average Bonchev–Trinajstić information content (AvgIpc) is 2.88. The molecule has 0 saturated heterocycles. The molecule has 0 fully saturated rings. The maximum atomic E-state index is 6.27. The van der Waals surface area contributed by atoms with Gasteiger partial charge in [-0.2, -0.15) is 5.10 Å². The monoisotopic (exact) mass is 349 g/mol.